The third-order valence-electron chi connectivity index (χ3n) is 5.15. The maximum absolute atomic E-state index is 12.9. The van der Waals surface area contributed by atoms with Crippen LogP contribution in [0.2, 0.25) is 0 Å². The Morgan fingerprint density at radius 2 is 1.86 bits per heavy atom. The molecule has 1 aromatic carbocycles. The molecule has 3 aromatic rings. The van der Waals surface area contributed by atoms with Gasteiger partial charge < -0.3 is 15.0 Å². The van der Waals surface area contributed by atoms with E-state index in [1.54, 1.807) is 6.20 Å². The van der Waals surface area contributed by atoms with Crippen molar-refractivity contribution in [2.45, 2.75) is 20.4 Å². The van der Waals surface area contributed by atoms with E-state index in [2.05, 4.69) is 32.4 Å². The molecule has 1 fully saturated rings. The van der Waals surface area contributed by atoms with Crippen LogP contribution in [-0.4, -0.2) is 47.0 Å². The van der Waals surface area contributed by atoms with Gasteiger partial charge >= 0.3 is 0 Å². The van der Waals surface area contributed by atoms with E-state index in [0.29, 0.717) is 23.6 Å². The predicted molar refractivity (Wildman–Crippen MR) is 112 cm³/mol. The SMILES string of the molecule is Cc1nn(Cc2ccccc2)c(C)c1C(=O)Nc1ccc(N2CCOCC2)cn1. The van der Waals surface area contributed by atoms with Crippen LogP contribution in [0.3, 0.4) is 0 Å². The minimum Gasteiger partial charge on any atom is -0.378 e. The Morgan fingerprint density at radius 1 is 1.10 bits per heavy atom. The topological polar surface area (TPSA) is 72.3 Å². The van der Waals surface area contributed by atoms with Crippen LogP contribution in [-0.2, 0) is 11.3 Å². The summed E-state index contributed by atoms with van der Waals surface area (Å²) >= 11 is 0. The Hall–Kier alpha value is -3.19. The fourth-order valence-corrected chi connectivity index (χ4v) is 3.58. The lowest BCUT2D eigenvalue weighted by atomic mass is 10.1. The molecule has 7 heteroatoms. The number of benzene rings is 1. The van der Waals surface area contributed by atoms with Crippen molar-refractivity contribution in [2.75, 3.05) is 36.5 Å². The minimum absolute atomic E-state index is 0.189. The van der Waals surface area contributed by atoms with Gasteiger partial charge in [0.15, 0.2) is 0 Å². The van der Waals surface area contributed by atoms with Crippen molar-refractivity contribution in [1.29, 1.82) is 0 Å². The number of aromatic nitrogens is 3. The summed E-state index contributed by atoms with van der Waals surface area (Å²) in [6.07, 6.45) is 1.79. The minimum atomic E-state index is -0.189. The highest BCUT2D eigenvalue weighted by Crippen LogP contribution is 2.19. The Kier molecular flexibility index (Phi) is 5.57. The summed E-state index contributed by atoms with van der Waals surface area (Å²) in [5.74, 6) is 0.340. The number of hydrogen-bond donors (Lipinski definition) is 1. The van der Waals surface area contributed by atoms with Crippen molar-refractivity contribution in [2.24, 2.45) is 0 Å². The second-order valence-corrected chi connectivity index (χ2v) is 7.14. The van der Waals surface area contributed by atoms with Crippen LogP contribution in [0.5, 0.6) is 0 Å². The van der Waals surface area contributed by atoms with Gasteiger partial charge in [-0.15, -0.1) is 0 Å². The average molecular weight is 391 g/mol. The summed E-state index contributed by atoms with van der Waals surface area (Å²) in [4.78, 5) is 19.5. The first kappa shape index (κ1) is 19.1. The van der Waals surface area contributed by atoms with E-state index >= 15 is 0 Å². The molecular formula is C22H25N5O2. The van der Waals surface area contributed by atoms with Crippen LogP contribution in [0.4, 0.5) is 11.5 Å². The number of morpholine rings is 1. The molecule has 0 aliphatic carbocycles. The van der Waals surface area contributed by atoms with Crippen LogP contribution in [0.1, 0.15) is 27.3 Å². The maximum Gasteiger partial charge on any atom is 0.260 e. The van der Waals surface area contributed by atoms with E-state index in [-0.39, 0.29) is 5.91 Å². The van der Waals surface area contributed by atoms with Gasteiger partial charge in [0.2, 0.25) is 0 Å². The van der Waals surface area contributed by atoms with Gasteiger partial charge in [-0.2, -0.15) is 5.10 Å². The highest BCUT2D eigenvalue weighted by molar-refractivity contribution is 6.05. The van der Waals surface area contributed by atoms with Gasteiger partial charge in [-0.3, -0.25) is 9.48 Å². The van der Waals surface area contributed by atoms with E-state index in [4.69, 9.17) is 4.74 Å². The van der Waals surface area contributed by atoms with E-state index in [1.165, 1.54) is 0 Å². The maximum atomic E-state index is 12.9. The molecule has 2 aromatic heterocycles. The van der Waals surface area contributed by atoms with Crippen molar-refractivity contribution < 1.29 is 9.53 Å². The third-order valence-corrected chi connectivity index (χ3v) is 5.15. The number of nitrogens with one attached hydrogen (secondary N) is 1. The van der Waals surface area contributed by atoms with Crippen molar-refractivity contribution in [3.8, 4) is 0 Å². The van der Waals surface area contributed by atoms with Gasteiger partial charge in [-0.1, -0.05) is 30.3 Å². The van der Waals surface area contributed by atoms with Crippen molar-refractivity contribution >= 4 is 17.4 Å². The number of aryl methyl sites for hydroxylation is 1. The van der Waals surface area contributed by atoms with Crippen molar-refractivity contribution in [1.82, 2.24) is 14.8 Å². The Labute approximate surface area is 170 Å². The highest BCUT2D eigenvalue weighted by Gasteiger charge is 2.19. The zero-order chi connectivity index (χ0) is 20.2. The first-order valence-corrected chi connectivity index (χ1v) is 9.80. The monoisotopic (exact) mass is 391 g/mol. The number of nitrogens with zero attached hydrogens (tertiary/aromatic N) is 4. The van der Waals surface area contributed by atoms with Gasteiger partial charge in [-0.25, -0.2) is 4.98 Å². The zero-order valence-electron chi connectivity index (χ0n) is 16.8. The lowest BCUT2D eigenvalue weighted by Gasteiger charge is -2.28. The smallest absolute Gasteiger partial charge is 0.260 e. The lowest BCUT2D eigenvalue weighted by molar-refractivity contribution is 0.102. The fraction of sp³-hybridized carbons (Fsp3) is 0.318. The molecule has 0 atom stereocenters. The summed E-state index contributed by atoms with van der Waals surface area (Å²) in [6.45, 7) is 7.57. The molecule has 7 nitrogen and oxygen atoms in total. The number of ether oxygens (including phenoxy) is 1. The average Bonchev–Trinajstić information content (AvgIpc) is 3.03. The van der Waals surface area contributed by atoms with E-state index in [9.17, 15) is 4.79 Å². The summed E-state index contributed by atoms with van der Waals surface area (Å²) < 4.78 is 7.25. The molecular weight excluding hydrogens is 366 g/mol. The normalized spacial score (nSPS) is 14.1. The molecule has 0 spiro atoms. The highest BCUT2D eigenvalue weighted by atomic mass is 16.5. The first-order valence-electron chi connectivity index (χ1n) is 9.80. The number of hydrogen-bond acceptors (Lipinski definition) is 5. The van der Waals surface area contributed by atoms with E-state index in [1.807, 2.05) is 48.9 Å². The predicted octanol–water partition coefficient (Wildman–Crippen LogP) is 3.03. The lowest BCUT2D eigenvalue weighted by Crippen LogP contribution is -2.36. The number of carbonyl (C=O) groups excluding carboxylic acids is 1. The molecule has 0 saturated carbocycles. The van der Waals surface area contributed by atoms with Gasteiger partial charge in [0.1, 0.15) is 5.82 Å². The first-order chi connectivity index (χ1) is 14.1. The number of pyridine rings is 1. The molecule has 1 amide bonds. The molecule has 3 heterocycles. The van der Waals surface area contributed by atoms with Crippen LogP contribution in [0, 0.1) is 13.8 Å². The Balaban J connectivity index is 1.47. The standard InChI is InChI=1S/C22H25N5O2/c1-16-21(17(2)27(25-16)15-18-6-4-3-5-7-18)22(28)24-20-9-8-19(14-23-20)26-10-12-29-13-11-26/h3-9,14H,10-13,15H2,1-2H3,(H,23,24,28). The second kappa shape index (κ2) is 8.45. The van der Waals surface area contributed by atoms with Crippen molar-refractivity contribution in [3.05, 3.63) is 71.2 Å². The quantitative estimate of drug-likeness (QED) is 0.724. The van der Waals surface area contributed by atoms with Crippen LogP contribution in [0.15, 0.2) is 48.7 Å². The molecule has 1 saturated heterocycles. The summed E-state index contributed by atoms with van der Waals surface area (Å²) in [5, 5.41) is 7.46. The number of amides is 1. The van der Waals surface area contributed by atoms with Crippen molar-refractivity contribution in [3.63, 3.8) is 0 Å². The van der Waals surface area contributed by atoms with Gasteiger partial charge in [0.05, 0.1) is 42.9 Å². The molecule has 1 aliphatic heterocycles. The summed E-state index contributed by atoms with van der Waals surface area (Å²) in [5.41, 5.74) is 4.33. The molecule has 1 aliphatic rings. The van der Waals surface area contributed by atoms with Gasteiger partial charge in [0.25, 0.3) is 5.91 Å². The summed E-state index contributed by atoms with van der Waals surface area (Å²) in [6, 6.07) is 13.9. The number of anilines is 2. The fourth-order valence-electron chi connectivity index (χ4n) is 3.58. The number of rotatable bonds is 5. The molecule has 4 rings (SSSR count). The largest absolute Gasteiger partial charge is 0.378 e. The van der Waals surface area contributed by atoms with Crippen LogP contribution < -0.4 is 10.2 Å². The Bertz CT molecular complexity index is 976. The molecule has 29 heavy (non-hydrogen) atoms. The molecule has 0 radical (unpaired) electrons. The van der Waals surface area contributed by atoms with Gasteiger partial charge in [0, 0.05) is 18.8 Å². The molecule has 0 bridgehead atoms. The van der Waals surface area contributed by atoms with Crippen LogP contribution >= 0.6 is 0 Å². The molecule has 0 unspecified atom stereocenters. The third kappa shape index (κ3) is 4.30. The Morgan fingerprint density at radius 3 is 2.55 bits per heavy atom. The molecule has 150 valence electrons. The van der Waals surface area contributed by atoms with Gasteiger partial charge in [-0.05, 0) is 31.5 Å². The zero-order valence-corrected chi connectivity index (χ0v) is 16.8. The van der Waals surface area contributed by atoms with E-state index in [0.717, 1.165) is 43.2 Å². The van der Waals surface area contributed by atoms with Crippen LogP contribution in [0.25, 0.3) is 0 Å². The summed E-state index contributed by atoms with van der Waals surface area (Å²) in [7, 11) is 0. The molecule has 1 N–H and O–H groups in total. The van der Waals surface area contributed by atoms with E-state index < -0.39 is 0 Å². The number of carbonyl (C=O) groups is 1. The second-order valence-electron chi connectivity index (χ2n) is 7.14.